The van der Waals surface area contributed by atoms with Crippen molar-refractivity contribution in [2.75, 3.05) is 43.1 Å². The lowest BCUT2D eigenvalue weighted by molar-refractivity contribution is 0.410. The van der Waals surface area contributed by atoms with Gasteiger partial charge < -0.3 is 14.5 Å². The van der Waals surface area contributed by atoms with E-state index in [1.165, 1.54) is 25.3 Å². The van der Waals surface area contributed by atoms with Gasteiger partial charge >= 0.3 is 0 Å². The van der Waals surface area contributed by atoms with Crippen LogP contribution in [0, 0.1) is 23.0 Å². The highest BCUT2D eigenvalue weighted by atomic mass is 19.1. The summed E-state index contributed by atoms with van der Waals surface area (Å²) in [6.07, 6.45) is 0. The van der Waals surface area contributed by atoms with Crippen LogP contribution < -0.4 is 14.5 Å². The summed E-state index contributed by atoms with van der Waals surface area (Å²) in [7, 11) is 1.51. The first-order chi connectivity index (χ1) is 11.6. The molecule has 0 unspecified atom stereocenters. The molecule has 0 bridgehead atoms. The van der Waals surface area contributed by atoms with Crippen molar-refractivity contribution in [2.45, 2.75) is 0 Å². The molecule has 0 amide bonds. The van der Waals surface area contributed by atoms with Gasteiger partial charge in [0.15, 0.2) is 0 Å². The Morgan fingerprint density at radius 3 is 2.17 bits per heavy atom. The lowest BCUT2D eigenvalue weighted by Crippen LogP contribution is -2.47. The number of ether oxygens (including phenoxy) is 1. The maximum atomic E-state index is 14.1. The smallest absolute Gasteiger partial charge is 0.147 e. The Morgan fingerprint density at radius 1 is 0.958 bits per heavy atom. The second kappa shape index (κ2) is 6.75. The van der Waals surface area contributed by atoms with Gasteiger partial charge in [-0.25, -0.2) is 8.78 Å². The second-order valence-corrected chi connectivity index (χ2v) is 5.57. The molecule has 2 aromatic carbocycles. The van der Waals surface area contributed by atoms with Crippen LogP contribution in [0.2, 0.25) is 0 Å². The van der Waals surface area contributed by atoms with Gasteiger partial charge in [0.05, 0.1) is 30.1 Å². The molecule has 0 N–H and O–H groups in total. The number of rotatable bonds is 3. The zero-order chi connectivity index (χ0) is 17.1. The molecule has 3 rings (SSSR count). The fraction of sp³-hybridized carbons (Fsp3) is 0.278. The summed E-state index contributed by atoms with van der Waals surface area (Å²) in [5.74, 6) is -0.233. The third kappa shape index (κ3) is 3.11. The third-order valence-electron chi connectivity index (χ3n) is 4.18. The van der Waals surface area contributed by atoms with Gasteiger partial charge in [0.1, 0.15) is 17.4 Å². The maximum Gasteiger partial charge on any atom is 0.147 e. The minimum atomic E-state index is -0.387. The van der Waals surface area contributed by atoms with Gasteiger partial charge in [-0.1, -0.05) is 0 Å². The van der Waals surface area contributed by atoms with E-state index in [2.05, 4.69) is 4.90 Å². The highest BCUT2D eigenvalue weighted by molar-refractivity contribution is 5.60. The topological polar surface area (TPSA) is 39.5 Å². The minimum absolute atomic E-state index is 0.311. The van der Waals surface area contributed by atoms with E-state index in [4.69, 9.17) is 10.00 Å². The number of nitriles is 1. The van der Waals surface area contributed by atoms with Crippen molar-refractivity contribution >= 4 is 11.4 Å². The van der Waals surface area contributed by atoms with Gasteiger partial charge in [0.25, 0.3) is 0 Å². The maximum absolute atomic E-state index is 14.1. The standard InChI is InChI=1S/C18H17F2N3O/c1-24-18-11-14(19)3-5-17(18)23-8-6-22(7-9-23)16-4-2-13(12-21)10-15(16)20/h2-5,10-11H,6-9H2,1H3. The lowest BCUT2D eigenvalue weighted by Gasteiger charge is -2.37. The fourth-order valence-corrected chi connectivity index (χ4v) is 2.93. The zero-order valence-electron chi connectivity index (χ0n) is 13.3. The Hall–Kier alpha value is -2.81. The second-order valence-electron chi connectivity index (χ2n) is 5.57. The number of anilines is 2. The third-order valence-corrected chi connectivity index (χ3v) is 4.18. The number of hydrogen-bond donors (Lipinski definition) is 0. The van der Waals surface area contributed by atoms with E-state index in [0.717, 1.165) is 5.69 Å². The van der Waals surface area contributed by atoms with E-state index in [0.29, 0.717) is 43.2 Å². The van der Waals surface area contributed by atoms with Crippen LogP contribution in [0.15, 0.2) is 36.4 Å². The predicted molar refractivity (Wildman–Crippen MR) is 88.5 cm³/mol. The van der Waals surface area contributed by atoms with Crippen LogP contribution in [-0.2, 0) is 0 Å². The average Bonchev–Trinajstić information content (AvgIpc) is 2.61. The molecule has 1 saturated heterocycles. The number of nitrogens with zero attached hydrogens (tertiary/aromatic N) is 3. The molecule has 24 heavy (non-hydrogen) atoms. The zero-order valence-corrected chi connectivity index (χ0v) is 13.3. The average molecular weight is 329 g/mol. The number of halogens is 2. The van der Waals surface area contributed by atoms with Crippen molar-refractivity contribution < 1.29 is 13.5 Å². The Kier molecular flexibility index (Phi) is 4.52. The molecule has 1 aliphatic heterocycles. The molecule has 0 saturated carbocycles. The fourth-order valence-electron chi connectivity index (χ4n) is 2.93. The first kappa shape index (κ1) is 16.1. The molecule has 0 radical (unpaired) electrons. The van der Waals surface area contributed by atoms with Crippen LogP contribution in [0.4, 0.5) is 20.2 Å². The van der Waals surface area contributed by atoms with E-state index >= 15 is 0 Å². The van der Waals surface area contributed by atoms with Crippen molar-refractivity contribution in [3.63, 3.8) is 0 Å². The molecule has 0 spiro atoms. The van der Waals surface area contributed by atoms with Gasteiger partial charge in [0, 0.05) is 32.2 Å². The molecule has 1 fully saturated rings. The van der Waals surface area contributed by atoms with Gasteiger partial charge in [0.2, 0.25) is 0 Å². The van der Waals surface area contributed by atoms with E-state index in [1.54, 1.807) is 18.2 Å². The van der Waals surface area contributed by atoms with Crippen molar-refractivity contribution in [1.29, 1.82) is 5.26 Å². The predicted octanol–water partition coefficient (Wildman–Crippen LogP) is 3.17. The number of piperazine rings is 1. The molecule has 4 nitrogen and oxygen atoms in total. The van der Waals surface area contributed by atoms with Crippen LogP contribution in [-0.4, -0.2) is 33.3 Å². The Bertz CT molecular complexity index is 780. The van der Waals surface area contributed by atoms with E-state index in [-0.39, 0.29) is 11.6 Å². The molecule has 0 aromatic heterocycles. The Labute approximate surface area is 139 Å². The molecule has 6 heteroatoms. The molecule has 0 atom stereocenters. The van der Waals surface area contributed by atoms with Crippen molar-refractivity contribution in [2.24, 2.45) is 0 Å². The first-order valence-corrected chi connectivity index (χ1v) is 7.65. The summed E-state index contributed by atoms with van der Waals surface area (Å²) >= 11 is 0. The summed E-state index contributed by atoms with van der Waals surface area (Å²) in [6, 6.07) is 10.9. The summed E-state index contributed by atoms with van der Waals surface area (Å²) in [5, 5.41) is 8.82. The molecule has 1 aliphatic rings. The van der Waals surface area contributed by atoms with E-state index in [9.17, 15) is 8.78 Å². The first-order valence-electron chi connectivity index (χ1n) is 7.65. The number of methoxy groups -OCH3 is 1. The van der Waals surface area contributed by atoms with Crippen LogP contribution in [0.5, 0.6) is 5.75 Å². The molecular weight excluding hydrogens is 312 g/mol. The van der Waals surface area contributed by atoms with Gasteiger partial charge in [-0.05, 0) is 30.3 Å². The minimum Gasteiger partial charge on any atom is -0.494 e. The van der Waals surface area contributed by atoms with Crippen LogP contribution >= 0.6 is 0 Å². The van der Waals surface area contributed by atoms with Gasteiger partial charge in [-0.3, -0.25) is 0 Å². The Balaban J connectivity index is 1.73. The molecular formula is C18H17F2N3O. The quantitative estimate of drug-likeness (QED) is 0.867. The van der Waals surface area contributed by atoms with Crippen molar-refractivity contribution in [3.05, 3.63) is 53.6 Å². The summed E-state index contributed by atoms with van der Waals surface area (Å²) < 4.78 is 32.7. The summed E-state index contributed by atoms with van der Waals surface area (Å²) in [6.45, 7) is 2.59. The molecule has 1 heterocycles. The lowest BCUT2D eigenvalue weighted by atomic mass is 10.1. The highest BCUT2D eigenvalue weighted by Gasteiger charge is 2.22. The largest absolute Gasteiger partial charge is 0.494 e. The normalized spacial score (nSPS) is 14.4. The molecule has 0 aliphatic carbocycles. The van der Waals surface area contributed by atoms with Crippen molar-refractivity contribution in [3.8, 4) is 11.8 Å². The van der Waals surface area contributed by atoms with Crippen LogP contribution in [0.25, 0.3) is 0 Å². The SMILES string of the molecule is COc1cc(F)ccc1N1CCN(c2ccc(C#N)cc2F)CC1. The molecule has 124 valence electrons. The van der Waals surface area contributed by atoms with Gasteiger partial charge in [-0.2, -0.15) is 5.26 Å². The summed E-state index contributed by atoms with van der Waals surface area (Å²) in [4.78, 5) is 4.04. The van der Waals surface area contributed by atoms with E-state index in [1.807, 2.05) is 11.0 Å². The van der Waals surface area contributed by atoms with Crippen LogP contribution in [0.3, 0.4) is 0 Å². The number of benzene rings is 2. The van der Waals surface area contributed by atoms with Crippen LogP contribution in [0.1, 0.15) is 5.56 Å². The van der Waals surface area contributed by atoms with E-state index < -0.39 is 0 Å². The monoisotopic (exact) mass is 329 g/mol. The van der Waals surface area contributed by atoms with Gasteiger partial charge in [-0.15, -0.1) is 0 Å². The highest BCUT2D eigenvalue weighted by Crippen LogP contribution is 2.31. The Morgan fingerprint density at radius 2 is 1.58 bits per heavy atom. The molecule has 2 aromatic rings. The van der Waals surface area contributed by atoms with Crippen molar-refractivity contribution in [1.82, 2.24) is 0 Å². The number of hydrogen-bond acceptors (Lipinski definition) is 4. The summed E-state index contributed by atoms with van der Waals surface area (Å²) in [5.41, 5.74) is 1.64.